The number of rotatable bonds is 10. The van der Waals surface area contributed by atoms with Gasteiger partial charge in [0.15, 0.2) is 11.8 Å². The Morgan fingerprint density at radius 1 is 1.17 bits per heavy atom. The van der Waals surface area contributed by atoms with E-state index in [4.69, 9.17) is 14.6 Å². The maximum atomic E-state index is 11.2. The summed E-state index contributed by atoms with van der Waals surface area (Å²) in [7, 11) is 1.66. The molecule has 0 aliphatic rings. The van der Waals surface area contributed by atoms with Crippen molar-refractivity contribution in [1.82, 2.24) is 14.8 Å². The Morgan fingerprint density at radius 3 is 2.71 bits per heavy atom. The van der Waals surface area contributed by atoms with Gasteiger partial charge in [-0.1, -0.05) is 36.2 Å². The average Bonchev–Trinajstić information content (AvgIpc) is 3.23. The first-order chi connectivity index (χ1) is 16.9. The number of carboxylic acids is 1. The Kier molecular flexibility index (Phi) is 7.60. The molecule has 0 bridgehead atoms. The second-order valence-corrected chi connectivity index (χ2v) is 10.0. The zero-order chi connectivity index (χ0) is 24.9. The van der Waals surface area contributed by atoms with Gasteiger partial charge in [0, 0.05) is 28.5 Å². The van der Waals surface area contributed by atoms with E-state index in [1.807, 2.05) is 36.4 Å². The summed E-state index contributed by atoms with van der Waals surface area (Å²) in [4.78, 5) is 15.9. The molecule has 35 heavy (non-hydrogen) atoms. The molecule has 0 saturated carbocycles. The van der Waals surface area contributed by atoms with Crippen LogP contribution in [-0.2, 0) is 16.3 Å². The molecule has 0 radical (unpaired) electrons. The molecule has 2 N–H and O–H groups in total. The van der Waals surface area contributed by atoms with Gasteiger partial charge in [0.1, 0.15) is 18.2 Å². The molecule has 2 aromatic carbocycles. The van der Waals surface area contributed by atoms with E-state index in [-0.39, 0.29) is 17.2 Å². The number of carboxylic acid groups (broad SMARTS) is 1. The molecule has 0 saturated heterocycles. The Morgan fingerprint density at radius 2 is 1.97 bits per heavy atom. The molecule has 0 fully saturated rings. The van der Waals surface area contributed by atoms with E-state index in [0.29, 0.717) is 29.3 Å². The average molecular weight is 494 g/mol. The molecule has 0 aliphatic heterocycles. The first-order valence-corrected chi connectivity index (χ1v) is 12.9. The van der Waals surface area contributed by atoms with Crippen molar-refractivity contribution in [3.63, 3.8) is 0 Å². The highest BCUT2D eigenvalue weighted by Crippen LogP contribution is 2.35. The van der Waals surface area contributed by atoms with Gasteiger partial charge in [-0.3, -0.25) is 0 Å². The van der Waals surface area contributed by atoms with E-state index < -0.39 is 12.1 Å². The largest absolute Gasteiger partial charge is 0.496 e. The molecule has 2 heterocycles. The Balaban J connectivity index is 1.80. The molecular weight excluding hydrogens is 466 g/mol. The second-order valence-electron chi connectivity index (χ2n) is 8.03. The number of fused-ring (bicyclic) bond motifs is 1. The number of aromatic nitrogens is 3. The summed E-state index contributed by atoms with van der Waals surface area (Å²) in [5, 5.41) is 24.7. The van der Waals surface area contributed by atoms with E-state index >= 15 is 0 Å². The van der Waals surface area contributed by atoms with E-state index in [0.717, 1.165) is 27.8 Å². The van der Waals surface area contributed by atoms with Crippen molar-refractivity contribution in [2.75, 3.05) is 25.7 Å². The van der Waals surface area contributed by atoms with Crippen molar-refractivity contribution in [3.05, 3.63) is 66.4 Å². The number of benzene rings is 2. The third-order valence-corrected chi connectivity index (χ3v) is 6.37. The highest BCUT2D eigenvalue weighted by Gasteiger charge is 2.19. The fourth-order valence-electron chi connectivity index (χ4n) is 3.73. The van der Waals surface area contributed by atoms with Crippen molar-refractivity contribution >= 4 is 33.4 Å². The normalized spacial score (nSPS) is 13.0. The van der Waals surface area contributed by atoms with Crippen LogP contribution in [0.1, 0.15) is 11.7 Å². The van der Waals surface area contributed by atoms with Crippen LogP contribution in [0.25, 0.3) is 33.4 Å². The first-order valence-electron chi connectivity index (χ1n) is 10.9. The van der Waals surface area contributed by atoms with Crippen molar-refractivity contribution in [1.29, 1.82) is 0 Å². The Bertz CT molecular complexity index is 1380. The lowest BCUT2D eigenvalue weighted by molar-refractivity contribution is -0.146. The quantitative estimate of drug-likeness (QED) is 0.252. The summed E-state index contributed by atoms with van der Waals surface area (Å²) in [6, 6.07) is 16.4. The van der Waals surface area contributed by atoms with Crippen LogP contribution in [0.5, 0.6) is 5.75 Å². The summed E-state index contributed by atoms with van der Waals surface area (Å²) in [5.74, 6) is 4.26. The third-order valence-electron chi connectivity index (χ3n) is 5.51. The molecule has 8 nitrogen and oxygen atoms in total. The lowest BCUT2D eigenvalue weighted by Crippen LogP contribution is -2.10. The molecule has 0 amide bonds. The van der Waals surface area contributed by atoms with E-state index in [1.54, 1.807) is 36.2 Å². The maximum absolute atomic E-state index is 11.2. The van der Waals surface area contributed by atoms with Gasteiger partial charge in [-0.25, -0.2) is 14.5 Å². The lowest BCUT2D eigenvalue weighted by atomic mass is 10.00. The van der Waals surface area contributed by atoms with Gasteiger partial charge >= 0.3 is 5.97 Å². The van der Waals surface area contributed by atoms with Gasteiger partial charge < -0.3 is 19.7 Å². The van der Waals surface area contributed by atoms with Crippen molar-refractivity contribution in [3.8, 4) is 28.1 Å². The minimum absolute atomic E-state index is 0.0464. The predicted molar refractivity (Wildman–Crippen MR) is 139 cm³/mol. The predicted octanol–water partition coefficient (Wildman–Crippen LogP) is 4.20. The highest BCUT2D eigenvalue weighted by molar-refractivity contribution is 8.13. The number of hydrogen-bond donors (Lipinski definition) is 2. The molecule has 4 rings (SSSR count). The molecule has 4 aromatic rings. The van der Waals surface area contributed by atoms with Crippen molar-refractivity contribution in [2.45, 2.75) is 12.8 Å². The molecular formula is C26H27N3O5S. The fourth-order valence-corrected chi connectivity index (χ4v) is 4.13. The van der Waals surface area contributed by atoms with Crippen molar-refractivity contribution < 1.29 is 24.5 Å². The monoisotopic (exact) mass is 493 g/mol. The number of aliphatic hydroxyl groups is 1. The van der Waals surface area contributed by atoms with Crippen LogP contribution in [0.2, 0.25) is 0 Å². The lowest BCUT2D eigenvalue weighted by Gasteiger charge is -2.09. The number of para-hydroxylation sites is 1. The number of ether oxygens (including phenoxy) is 2. The Hall–Kier alpha value is -3.53. The summed E-state index contributed by atoms with van der Waals surface area (Å²) in [6.45, 7) is 0.820. The number of methoxy groups -OCH3 is 1. The number of nitrogens with zero attached hydrogens (tertiary/aromatic N) is 3. The number of aliphatic carboxylic acids is 1. The molecule has 2 unspecified atom stereocenters. The van der Waals surface area contributed by atoms with Crippen molar-refractivity contribution in [2.24, 2.45) is 0 Å². The molecule has 182 valence electrons. The summed E-state index contributed by atoms with van der Waals surface area (Å²) < 4.78 is 13.1. The van der Waals surface area contributed by atoms with Gasteiger partial charge in [0.25, 0.3) is 0 Å². The van der Waals surface area contributed by atoms with Crippen LogP contribution in [0, 0.1) is 0 Å². The first kappa shape index (κ1) is 24.6. The minimum Gasteiger partial charge on any atom is -0.496 e. The number of aliphatic hydroxyl groups excluding tert-OH is 1. The van der Waals surface area contributed by atoms with Gasteiger partial charge in [-0.2, -0.15) is 15.6 Å². The molecule has 0 spiro atoms. The standard InChI is InChI=1S/C26H27N3O5S/c1-33-22-10-5-4-9-20(22)23-21-14-19(17-7-6-8-18(13-17)24(30)26(31)32)15-27-25(21)29(28-23)16-34-11-12-35(2)3/h4-10,13-15,24,30H,2,11-12,16H2,1,3H3,(H,31,32). The SMILES string of the molecule is C=S(C)CCOCn1nc(-c2ccccc2OC)c2cc(-c3cccc(C(O)C(=O)O)c3)cnc21. The smallest absolute Gasteiger partial charge is 0.337 e. The van der Waals surface area contributed by atoms with Crippen LogP contribution in [0.15, 0.2) is 60.8 Å². The van der Waals surface area contributed by atoms with E-state index in [2.05, 4.69) is 17.1 Å². The summed E-state index contributed by atoms with van der Waals surface area (Å²) in [6.07, 6.45) is 2.18. The fraction of sp³-hybridized carbons (Fsp3) is 0.231. The zero-order valence-electron chi connectivity index (χ0n) is 19.5. The summed E-state index contributed by atoms with van der Waals surface area (Å²) in [5.41, 5.74) is 3.97. The highest BCUT2D eigenvalue weighted by atomic mass is 32.2. The van der Waals surface area contributed by atoms with Gasteiger partial charge in [-0.15, -0.1) is 0 Å². The molecule has 2 atom stereocenters. The number of hydrogen-bond acceptors (Lipinski definition) is 6. The topological polar surface area (TPSA) is 107 Å². The van der Waals surface area contributed by atoms with E-state index in [9.17, 15) is 15.0 Å². The number of pyridine rings is 1. The minimum atomic E-state index is -1.60. The van der Waals surface area contributed by atoms with Gasteiger partial charge in [0.05, 0.1) is 13.7 Å². The van der Waals surface area contributed by atoms with Crippen LogP contribution in [0.3, 0.4) is 0 Å². The van der Waals surface area contributed by atoms with Crippen LogP contribution < -0.4 is 4.74 Å². The Labute approximate surface area is 205 Å². The van der Waals surface area contributed by atoms with E-state index in [1.165, 1.54) is 0 Å². The van der Waals surface area contributed by atoms with Crippen LogP contribution in [-0.4, -0.2) is 62.5 Å². The zero-order valence-corrected chi connectivity index (χ0v) is 20.4. The van der Waals surface area contributed by atoms with Crippen LogP contribution >= 0.6 is 10.5 Å². The van der Waals surface area contributed by atoms with Gasteiger partial charge in [0.2, 0.25) is 0 Å². The number of carbonyl (C=O) groups is 1. The molecule has 2 aromatic heterocycles. The van der Waals surface area contributed by atoms with Crippen LogP contribution in [0.4, 0.5) is 0 Å². The maximum Gasteiger partial charge on any atom is 0.337 e. The van der Waals surface area contributed by atoms with Gasteiger partial charge in [-0.05, 0) is 41.6 Å². The molecule has 0 aliphatic carbocycles. The third kappa shape index (κ3) is 5.43. The molecule has 9 heteroatoms. The summed E-state index contributed by atoms with van der Waals surface area (Å²) >= 11 is 0. The second kappa shape index (κ2) is 10.8.